The second kappa shape index (κ2) is 3.49. The molecule has 3 N–H and O–H groups in total. The third kappa shape index (κ3) is 1.40. The van der Waals surface area contributed by atoms with Gasteiger partial charge in [0.05, 0.1) is 5.60 Å². The van der Waals surface area contributed by atoms with Gasteiger partial charge in [-0.3, -0.25) is 0 Å². The van der Waals surface area contributed by atoms with Gasteiger partial charge in [0.15, 0.2) is 0 Å². The van der Waals surface area contributed by atoms with Crippen molar-refractivity contribution < 1.29 is 5.11 Å². The van der Waals surface area contributed by atoms with Crippen molar-refractivity contribution in [1.29, 1.82) is 0 Å². The highest BCUT2D eigenvalue weighted by molar-refractivity contribution is 5.08. The Kier molecular flexibility index (Phi) is 2.99. The molecule has 0 aromatic carbocycles. The van der Waals surface area contributed by atoms with Crippen LogP contribution in [-0.2, 0) is 0 Å². The molecule has 2 nitrogen and oxygen atoms in total. The smallest absolute Gasteiger partial charge is 0.0763 e. The van der Waals surface area contributed by atoms with Gasteiger partial charge in [0.2, 0.25) is 0 Å². The average molecular weight is 199 g/mol. The molecule has 1 saturated carbocycles. The average Bonchev–Trinajstić information content (AvgIpc) is 2.41. The number of hydrogen-bond acceptors (Lipinski definition) is 2. The molecule has 0 heterocycles. The summed E-state index contributed by atoms with van der Waals surface area (Å²) in [5.74, 6) is 0. The van der Waals surface area contributed by atoms with E-state index in [1.807, 2.05) is 0 Å². The molecule has 1 aliphatic carbocycles. The lowest BCUT2D eigenvalue weighted by molar-refractivity contribution is -0.136. The molecule has 0 aliphatic heterocycles. The van der Waals surface area contributed by atoms with Crippen molar-refractivity contribution in [2.75, 3.05) is 6.54 Å². The minimum absolute atomic E-state index is 0.0110. The largest absolute Gasteiger partial charge is 0.389 e. The van der Waals surface area contributed by atoms with Gasteiger partial charge in [0.25, 0.3) is 0 Å². The second-order valence-corrected chi connectivity index (χ2v) is 5.72. The number of nitrogens with two attached hydrogens (primary N) is 1. The molecule has 0 aromatic heterocycles. The summed E-state index contributed by atoms with van der Waals surface area (Å²) >= 11 is 0. The molecule has 0 radical (unpaired) electrons. The SMILES string of the molecule is CCC(C)(CN)C1(O)CCCC1(C)C. The van der Waals surface area contributed by atoms with Gasteiger partial charge < -0.3 is 10.8 Å². The van der Waals surface area contributed by atoms with Crippen LogP contribution in [0, 0.1) is 10.8 Å². The first kappa shape index (κ1) is 12.0. The van der Waals surface area contributed by atoms with E-state index in [4.69, 9.17) is 5.73 Å². The van der Waals surface area contributed by atoms with E-state index < -0.39 is 5.60 Å². The van der Waals surface area contributed by atoms with E-state index in [9.17, 15) is 5.11 Å². The molecule has 1 rings (SSSR count). The van der Waals surface area contributed by atoms with E-state index in [1.54, 1.807) is 0 Å². The molecule has 84 valence electrons. The Morgan fingerprint density at radius 3 is 2.21 bits per heavy atom. The molecule has 1 fully saturated rings. The van der Waals surface area contributed by atoms with E-state index in [-0.39, 0.29) is 10.8 Å². The van der Waals surface area contributed by atoms with Crippen LogP contribution in [-0.4, -0.2) is 17.3 Å². The van der Waals surface area contributed by atoms with Crippen LogP contribution in [0.5, 0.6) is 0 Å². The fraction of sp³-hybridized carbons (Fsp3) is 1.00. The van der Waals surface area contributed by atoms with Gasteiger partial charge in [-0.25, -0.2) is 0 Å². The van der Waals surface area contributed by atoms with Gasteiger partial charge in [-0.1, -0.05) is 27.7 Å². The van der Waals surface area contributed by atoms with Crippen LogP contribution in [0.2, 0.25) is 0 Å². The van der Waals surface area contributed by atoms with E-state index in [0.29, 0.717) is 6.54 Å². The quantitative estimate of drug-likeness (QED) is 0.732. The molecule has 2 heteroatoms. The van der Waals surface area contributed by atoms with Crippen molar-refractivity contribution in [3.05, 3.63) is 0 Å². The molecule has 0 aromatic rings. The molecule has 0 bridgehead atoms. The standard InChI is InChI=1S/C12H25NO/c1-5-11(4,9-13)12(14)8-6-7-10(12,2)3/h14H,5-9,13H2,1-4H3. The fourth-order valence-corrected chi connectivity index (χ4v) is 3.06. The Balaban J connectivity index is 3.04. The lowest BCUT2D eigenvalue weighted by Crippen LogP contribution is -2.56. The zero-order valence-corrected chi connectivity index (χ0v) is 10.1. The van der Waals surface area contributed by atoms with E-state index >= 15 is 0 Å². The van der Waals surface area contributed by atoms with Crippen molar-refractivity contribution in [3.8, 4) is 0 Å². The highest BCUT2D eigenvalue weighted by Crippen LogP contribution is 2.55. The molecular weight excluding hydrogens is 174 g/mol. The summed E-state index contributed by atoms with van der Waals surface area (Å²) in [5, 5.41) is 10.9. The lowest BCUT2D eigenvalue weighted by atomic mass is 9.61. The van der Waals surface area contributed by atoms with Crippen molar-refractivity contribution >= 4 is 0 Å². The first-order valence-corrected chi connectivity index (χ1v) is 5.75. The highest BCUT2D eigenvalue weighted by Gasteiger charge is 2.56. The maximum Gasteiger partial charge on any atom is 0.0763 e. The summed E-state index contributed by atoms with van der Waals surface area (Å²) in [7, 11) is 0. The predicted octanol–water partition coefficient (Wildman–Crippen LogP) is 2.30. The van der Waals surface area contributed by atoms with E-state index in [1.165, 1.54) is 0 Å². The summed E-state index contributed by atoms with van der Waals surface area (Å²) in [6, 6.07) is 0. The number of rotatable bonds is 3. The van der Waals surface area contributed by atoms with Crippen LogP contribution < -0.4 is 5.73 Å². The van der Waals surface area contributed by atoms with Crippen LogP contribution in [0.25, 0.3) is 0 Å². The third-order valence-electron chi connectivity index (χ3n) is 4.69. The van der Waals surface area contributed by atoms with Crippen LogP contribution in [0.4, 0.5) is 0 Å². The molecular formula is C12H25NO. The summed E-state index contributed by atoms with van der Waals surface area (Å²) in [6.45, 7) is 9.16. The molecule has 0 spiro atoms. The van der Waals surface area contributed by atoms with E-state index in [2.05, 4.69) is 27.7 Å². The summed E-state index contributed by atoms with van der Waals surface area (Å²) in [5.41, 5.74) is 5.14. The summed E-state index contributed by atoms with van der Waals surface area (Å²) < 4.78 is 0. The fourth-order valence-electron chi connectivity index (χ4n) is 3.06. The highest BCUT2D eigenvalue weighted by atomic mass is 16.3. The van der Waals surface area contributed by atoms with Gasteiger partial charge >= 0.3 is 0 Å². The molecule has 0 amide bonds. The van der Waals surface area contributed by atoms with E-state index in [0.717, 1.165) is 25.7 Å². The van der Waals surface area contributed by atoms with Gasteiger partial charge in [0, 0.05) is 12.0 Å². The Morgan fingerprint density at radius 2 is 1.93 bits per heavy atom. The Hall–Kier alpha value is -0.0800. The molecule has 2 atom stereocenters. The molecule has 14 heavy (non-hydrogen) atoms. The first-order valence-electron chi connectivity index (χ1n) is 5.75. The topological polar surface area (TPSA) is 46.2 Å². The second-order valence-electron chi connectivity index (χ2n) is 5.72. The molecule has 2 unspecified atom stereocenters. The third-order valence-corrected chi connectivity index (χ3v) is 4.69. The van der Waals surface area contributed by atoms with Gasteiger partial charge in [-0.15, -0.1) is 0 Å². The molecule has 1 aliphatic rings. The van der Waals surface area contributed by atoms with Crippen LogP contribution in [0.15, 0.2) is 0 Å². The Labute approximate surface area is 87.9 Å². The van der Waals surface area contributed by atoms with Crippen molar-refractivity contribution in [3.63, 3.8) is 0 Å². The van der Waals surface area contributed by atoms with Crippen molar-refractivity contribution in [2.45, 2.75) is 59.0 Å². The number of aliphatic hydroxyl groups is 1. The Bertz CT molecular complexity index is 208. The zero-order chi connectivity index (χ0) is 11.0. The number of hydrogen-bond donors (Lipinski definition) is 2. The minimum atomic E-state index is -0.580. The van der Waals surface area contributed by atoms with Crippen LogP contribution in [0.3, 0.4) is 0 Å². The van der Waals surface area contributed by atoms with Crippen molar-refractivity contribution in [2.24, 2.45) is 16.6 Å². The van der Waals surface area contributed by atoms with Crippen molar-refractivity contribution in [1.82, 2.24) is 0 Å². The van der Waals surface area contributed by atoms with Gasteiger partial charge in [-0.2, -0.15) is 0 Å². The zero-order valence-electron chi connectivity index (χ0n) is 10.1. The summed E-state index contributed by atoms with van der Waals surface area (Å²) in [4.78, 5) is 0. The van der Waals surface area contributed by atoms with Gasteiger partial charge in [-0.05, 0) is 31.1 Å². The van der Waals surface area contributed by atoms with Crippen LogP contribution in [0.1, 0.15) is 53.4 Å². The maximum absolute atomic E-state index is 10.9. The maximum atomic E-state index is 10.9. The Morgan fingerprint density at radius 1 is 1.36 bits per heavy atom. The monoisotopic (exact) mass is 199 g/mol. The predicted molar refractivity (Wildman–Crippen MR) is 60.0 cm³/mol. The summed E-state index contributed by atoms with van der Waals surface area (Å²) in [6.07, 6.45) is 4.09. The lowest BCUT2D eigenvalue weighted by Gasteiger charge is -2.50. The first-order chi connectivity index (χ1) is 6.33. The molecule has 0 saturated heterocycles. The van der Waals surface area contributed by atoms with Crippen LogP contribution >= 0.6 is 0 Å². The minimum Gasteiger partial charge on any atom is -0.389 e. The normalized spacial score (nSPS) is 35.6. The van der Waals surface area contributed by atoms with Gasteiger partial charge in [0.1, 0.15) is 0 Å².